The van der Waals surface area contributed by atoms with Crippen LogP contribution in [0.1, 0.15) is 1.43 Å². The van der Waals surface area contributed by atoms with E-state index in [0.717, 1.165) is 0 Å². The normalized spacial score (nSPS) is 10.1. The zero-order chi connectivity index (χ0) is 6.41. The zero-order valence-corrected chi connectivity index (χ0v) is 7.11. The van der Waals surface area contributed by atoms with E-state index in [4.69, 9.17) is 10.3 Å². The van der Waals surface area contributed by atoms with Gasteiger partial charge < -0.3 is 16.9 Å². The number of hydrogen-bond donors (Lipinski definition) is 3. The molecule has 0 aromatic heterocycles. The van der Waals surface area contributed by atoms with E-state index >= 15 is 0 Å². The van der Waals surface area contributed by atoms with Crippen molar-refractivity contribution in [3.05, 3.63) is 5.21 Å². The Hall–Kier alpha value is -0.0400. The molecule has 0 heterocycles. The van der Waals surface area contributed by atoms with Gasteiger partial charge >= 0.3 is 29.6 Å². The summed E-state index contributed by atoms with van der Waals surface area (Å²) in [6.07, 6.45) is 0. The summed E-state index contributed by atoms with van der Waals surface area (Å²) in [4.78, 5) is -0.143. The number of aliphatic hydroxyl groups is 1. The van der Waals surface area contributed by atoms with Crippen LogP contribution in [0.25, 0.3) is 0 Å². The largest absolute Gasteiger partial charge is 1.00 e. The van der Waals surface area contributed by atoms with Crippen molar-refractivity contribution >= 4 is 0 Å². The maximum absolute atomic E-state index is 9.85. The van der Waals surface area contributed by atoms with Crippen LogP contribution in [0, 0.1) is 5.21 Å². The number of aliphatic hydroxyl groups excluding tert-OH is 1. The summed E-state index contributed by atoms with van der Waals surface area (Å²) in [7, 11) is 0. The minimum Gasteiger partial charge on any atom is -1.00 e. The van der Waals surface area contributed by atoms with Crippen molar-refractivity contribution in [3.8, 4) is 0 Å². The summed E-state index contributed by atoms with van der Waals surface area (Å²) < 4.78 is 0. The summed E-state index contributed by atoms with van der Waals surface area (Å²) in [6, 6.07) is 0. The van der Waals surface area contributed by atoms with Crippen molar-refractivity contribution in [3.63, 3.8) is 0 Å². The van der Waals surface area contributed by atoms with Crippen molar-refractivity contribution in [2.24, 2.45) is 5.28 Å². The first-order valence-corrected chi connectivity index (χ1v) is 1.98. The van der Waals surface area contributed by atoms with Gasteiger partial charge in [0.15, 0.2) is 0 Å². The van der Waals surface area contributed by atoms with Gasteiger partial charge in [-0.15, -0.1) is 0 Å². The third kappa shape index (κ3) is 7.96. The van der Waals surface area contributed by atoms with Crippen LogP contribution in [0.4, 0.5) is 0 Å². The zero-order valence-electron chi connectivity index (χ0n) is 6.11. The second-order valence-electron chi connectivity index (χ2n) is 0.994. The number of hydrazine groups is 1. The third-order valence-corrected chi connectivity index (χ3v) is 0.440. The summed E-state index contributed by atoms with van der Waals surface area (Å²) in [5.41, 5.74) is 1.99. The van der Waals surface area contributed by atoms with Gasteiger partial charge in [0.25, 0.3) is 0 Å². The summed E-state index contributed by atoms with van der Waals surface area (Å²) in [6.45, 7) is -0.0954. The van der Waals surface area contributed by atoms with Gasteiger partial charge in [-0.1, -0.05) is 0 Å². The topological polar surface area (TPSA) is 90.9 Å². The van der Waals surface area contributed by atoms with Gasteiger partial charge in [0.2, 0.25) is 5.28 Å². The molecule has 0 aromatic rings. The average Bonchev–Trinajstić information content (AvgIpc) is 1.83. The molecular formula is C2H8N3NaO3. The molecule has 0 saturated heterocycles. The molecule has 3 N–H and O–H groups in total. The molecule has 0 aromatic carbocycles. The van der Waals surface area contributed by atoms with Crippen molar-refractivity contribution in [2.75, 3.05) is 13.2 Å². The SMILES string of the molecule is [H-].[Na+].[O-]/[N+](=N/O)NCCO. The van der Waals surface area contributed by atoms with E-state index < -0.39 is 0 Å². The monoisotopic (exact) mass is 145 g/mol. The Morgan fingerprint density at radius 2 is 2.33 bits per heavy atom. The molecule has 0 spiro atoms. The molecule has 6 nitrogen and oxygen atoms in total. The van der Waals surface area contributed by atoms with E-state index in [1.165, 1.54) is 0 Å². The van der Waals surface area contributed by atoms with Crippen molar-refractivity contribution in [1.82, 2.24) is 5.43 Å². The molecule has 0 amide bonds. The third-order valence-electron chi connectivity index (χ3n) is 0.440. The van der Waals surface area contributed by atoms with E-state index in [1.54, 1.807) is 0 Å². The van der Waals surface area contributed by atoms with E-state index in [9.17, 15) is 5.21 Å². The van der Waals surface area contributed by atoms with Gasteiger partial charge in [-0.2, -0.15) is 5.43 Å². The molecule has 0 unspecified atom stereocenters. The molecule has 9 heavy (non-hydrogen) atoms. The van der Waals surface area contributed by atoms with Gasteiger partial charge in [0, 0.05) is 0 Å². The molecule has 0 aliphatic rings. The van der Waals surface area contributed by atoms with E-state index in [-0.39, 0.29) is 49.1 Å². The Morgan fingerprint density at radius 3 is 2.67 bits per heavy atom. The molecule has 0 fully saturated rings. The van der Waals surface area contributed by atoms with Crippen LogP contribution in [0.5, 0.6) is 0 Å². The van der Waals surface area contributed by atoms with Crippen LogP contribution in [-0.2, 0) is 0 Å². The van der Waals surface area contributed by atoms with Crippen LogP contribution in [0.3, 0.4) is 0 Å². The summed E-state index contributed by atoms with van der Waals surface area (Å²) in [5, 5.41) is 27.7. The molecule has 0 aliphatic carbocycles. The van der Waals surface area contributed by atoms with Gasteiger partial charge in [0.1, 0.15) is 0 Å². The Kier molecular flexibility index (Phi) is 10.4. The average molecular weight is 145 g/mol. The second kappa shape index (κ2) is 7.96. The Balaban J connectivity index is -0.000000245. The van der Waals surface area contributed by atoms with Gasteiger partial charge in [-0.3, -0.25) is 0 Å². The van der Waals surface area contributed by atoms with Crippen LogP contribution in [0.15, 0.2) is 5.28 Å². The minimum atomic E-state index is -0.172. The number of rotatable bonds is 3. The van der Waals surface area contributed by atoms with Crippen LogP contribution < -0.4 is 35.0 Å². The van der Waals surface area contributed by atoms with Crippen LogP contribution >= 0.6 is 0 Å². The first kappa shape index (κ1) is 11.7. The van der Waals surface area contributed by atoms with Gasteiger partial charge in [-0.05, 0) is 0 Å². The Morgan fingerprint density at radius 1 is 1.78 bits per heavy atom. The van der Waals surface area contributed by atoms with Crippen LogP contribution in [0.2, 0.25) is 0 Å². The predicted molar refractivity (Wildman–Crippen MR) is 24.0 cm³/mol. The summed E-state index contributed by atoms with van der Waals surface area (Å²) >= 11 is 0. The fraction of sp³-hybridized carbons (Fsp3) is 1.00. The molecular weight excluding hydrogens is 137 g/mol. The summed E-state index contributed by atoms with van der Waals surface area (Å²) in [5.74, 6) is 0. The first-order chi connectivity index (χ1) is 3.81. The van der Waals surface area contributed by atoms with Crippen molar-refractivity contribution in [1.29, 1.82) is 0 Å². The maximum atomic E-state index is 9.85. The fourth-order valence-corrected chi connectivity index (χ4v) is 0.177. The van der Waals surface area contributed by atoms with E-state index in [0.29, 0.717) is 0 Å². The number of nitrogens with zero attached hydrogens (tertiary/aromatic N) is 2. The fourth-order valence-electron chi connectivity index (χ4n) is 0.177. The van der Waals surface area contributed by atoms with Gasteiger partial charge in [0.05, 0.1) is 18.1 Å². The molecule has 0 saturated carbocycles. The Labute approximate surface area is 75.5 Å². The van der Waals surface area contributed by atoms with E-state index in [2.05, 4.69) is 5.28 Å². The molecule has 0 radical (unpaired) electrons. The smallest absolute Gasteiger partial charge is 1.00 e. The number of hydrogen-bond acceptors (Lipinski definition) is 3. The van der Waals surface area contributed by atoms with Gasteiger partial charge in [-0.25, -0.2) is 0 Å². The maximum Gasteiger partial charge on any atom is 1.00 e. The van der Waals surface area contributed by atoms with E-state index in [1.807, 2.05) is 5.43 Å². The molecule has 0 bridgehead atoms. The Bertz CT molecular complexity index is 91.8. The molecule has 7 heteroatoms. The van der Waals surface area contributed by atoms with Crippen LogP contribution in [-0.4, -0.2) is 28.4 Å². The number of nitrogens with one attached hydrogen (secondary N) is 1. The predicted octanol–water partition coefficient (Wildman–Crippen LogP) is -4.05. The standard InChI is InChI=1S/C2H7N3O3.Na.H/c6-2-1-3-5(8)4-7;;/h6-7H,1-2H2,(H,3,4);;/q;+1;-1. The molecule has 0 aliphatic heterocycles. The quantitative estimate of drug-likeness (QED) is 0.163. The second-order valence-corrected chi connectivity index (χ2v) is 0.994. The van der Waals surface area contributed by atoms with Crippen molar-refractivity contribution < 1.29 is 46.3 Å². The van der Waals surface area contributed by atoms with Crippen molar-refractivity contribution in [2.45, 2.75) is 0 Å². The molecule has 0 rings (SSSR count). The minimum absolute atomic E-state index is 0. The first-order valence-electron chi connectivity index (χ1n) is 1.98. The molecule has 0 atom stereocenters. The molecule has 50 valence electrons.